The molecular formula is C19H27N3O2. The molecule has 2 rings (SSSR count). The molecule has 0 atom stereocenters. The van der Waals surface area contributed by atoms with Crippen molar-refractivity contribution in [2.75, 3.05) is 13.1 Å². The molecule has 0 aliphatic rings. The minimum Gasteiger partial charge on any atom is -0.341 e. The number of benzene rings is 1. The maximum atomic E-state index is 12.7. The Kier molecular flexibility index (Phi) is 5.75. The zero-order valence-electron chi connectivity index (χ0n) is 15.2. The van der Waals surface area contributed by atoms with Gasteiger partial charge in [0.15, 0.2) is 0 Å². The maximum absolute atomic E-state index is 12.7. The predicted molar refractivity (Wildman–Crippen MR) is 97.0 cm³/mol. The average Bonchev–Trinajstić information content (AvgIpc) is 2.50. The van der Waals surface area contributed by atoms with Gasteiger partial charge in [-0.15, -0.1) is 0 Å². The summed E-state index contributed by atoms with van der Waals surface area (Å²) in [5.41, 5.74) is 0.552. The first-order valence-electron chi connectivity index (χ1n) is 8.53. The number of hydrogen-bond acceptors (Lipinski definition) is 3. The van der Waals surface area contributed by atoms with Crippen LogP contribution in [0, 0.1) is 18.8 Å². The summed E-state index contributed by atoms with van der Waals surface area (Å²) in [6, 6.07) is 7.39. The molecule has 0 saturated carbocycles. The van der Waals surface area contributed by atoms with Crippen LogP contribution in [0.3, 0.4) is 0 Å². The molecule has 2 aromatic rings. The number of hydrogen-bond donors (Lipinski definition) is 0. The Morgan fingerprint density at radius 2 is 1.62 bits per heavy atom. The highest BCUT2D eigenvalue weighted by molar-refractivity contribution is 5.83. The van der Waals surface area contributed by atoms with Crippen LogP contribution in [0.25, 0.3) is 10.8 Å². The molecule has 0 spiro atoms. The van der Waals surface area contributed by atoms with Crippen LogP contribution in [0.1, 0.15) is 33.4 Å². The lowest BCUT2D eigenvalue weighted by atomic mass is 10.1. The smallest absolute Gasteiger partial charge is 0.275 e. The van der Waals surface area contributed by atoms with Crippen LogP contribution < -0.4 is 5.56 Å². The largest absolute Gasteiger partial charge is 0.341 e. The number of nitrogens with zero attached hydrogens (tertiary/aromatic N) is 3. The van der Waals surface area contributed by atoms with Gasteiger partial charge in [0.1, 0.15) is 6.54 Å². The van der Waals surface area contributed by atoms with Crippen LogP contribution in [0.15, 0.2) is 29.1 Å². The van der Waals surface area contributed by atoms with E-state index in [0.717, 1.165) is 11.1 Å². The molecule has 0 unspecified atom stereocenters. The molecule has 0 radical (unpaired) electrons. The monoisotopic (exact) mass is 329 g/mol. The highest BCUT2D eigenvalue weighted by Crippen LogP contribution is 2.12. The van der Waals surface area contributed by atoms with E-state index in [9.17, 15) is 9.59 Å². The number of rotatable bonds is 6. The summed E-state index contributed by atoms with van der Waals surface area (Å²) >= 11 is 0. The lowest BCUT2D eigenvalue weighted by Crippen LogP contribution is -2.41. The summed E-state index contributed by atoms with van der Waals surface area (Å²) in [5.74, 6) is 0.716. The normalized spacial score (nSPS) is 11.5. The Morgan fingerprint density at radius 3 is 2.17 bits per heavy atom. The summed E-state index contributed by atoms with van der Waals surface area (Å²) < 4.78 is 1.30. The van der Waals surface area contributed by atoms with Crippen molar-refractivity contribution >= 4 is 16.7 Å². The molecule has 1 aromatic carbocycles. The number of carbonyl (C=O) groups excluding carboxylic acids is 1. The number of carbonyl (C=O) groups is 1. The van der Waals surface area contributed by atoms with E-state index in [1.165, 1.54) is 4.68 Å². The van der Waals surface area contributed by atoms with Crippen molar-refractivity contribution in [3.8, 4) is 0 Å². The first-order valence-corrected chi connectivity index (χ1v) is 8.53. The quantitative estimate of drug-likeness (QED) is 0.819. The fourth-order valence-electron chi connectivity index (χ4n) is 2.90. The second-order valence-corrected chi connectivity index (χ2v) is 7.18. The molecule has 0 fully saturated rings. The molecule has 0 aliphatic heterocycles. The average molecular weight is 329 g/mol. The van der Waals surface area contributed by atoms with Gasteiger partial charge >= 0.3 is 0 Å². The first-order chi connectivity index (χ1) is 11.3. The van der Waals surface area contributed by atoms with Crippen LogP contribution in [-0.2, 0) is 11.3 Å². The van der Waals surface area contributed by atoms with Crippen LogP contribution in [0.4, 0.5) is 0 Å². The van der Waals surface area contributed by atoms with E-state index in [0.29, 0.717) is 30.3 Å². The van der Waals surface area contributed by atoms with E-state index in [-0.39, 0.29) is 18.0 Å². The Morgan fingerprint density at radius 1 is 1.08 bits per heavy atom. The Labute approximate surface area is 143 Å². The minimum atomic E-state index is -0.210. The van der Waals surface area contributed by atoms with Crippen molar-refractivity contribution in [3.63, 3.8) is 0 Å². The summed E-state index contributed by atoms with van der Waals surface area (Å²) in [5, 5.41) is 5.79. The molecule has 0 bridgehead atoms. The standard InChI is InChI=1S/C19H27N3O2/c1-13(2)10-21(11-14(3)4)18(23)12-22-19(24)17-9-7-6-8-16(17)15(5)20-22/h6-9,13-14H,10-12H2,1-5H3. The summed E-state index contributed by atoms with van der Waals surface area (Å²) in [4.78, 5) is 27.2. The molecule has 5 nitrogen and oxygen atoms in total. The fraction of sp³-hybridized carbons (Fsp3) is 0.526. The molecule has 130 valence electrons. The number of amides is 1. The van der Waals surface area contributed by atoms with Gasteiger partial charge in [0, 0.05) is 18.5 Å². The summed E-state index contributed by atoms with van der Waals surface area (Å²) in [6.07, 6.45) is 0. The Hall–Kier alpha value is -2.17. The number of fused-ring (bicyclic) bond motifs is 1. The van der Waals surface area contributed by atoms with Gasteiger partial charge in [-0.25, -0.2) is 4.68 Å². The molecule has 1 amide bonds. The lowest BCUT2D eigenvalue weighted by molar-refractivity contribution is -0.133. The van der Waals surface area contributed by atoms with Crippen molar-refractivity contribution in [2.24, 2.45) is 11.8 Å². The highest BCUT2D eigenvalue weighted by atomic mass is 16.2. The van der Waals surface area contributed by atoms with Crippen molar-refractivity contribution < 1.29 is 4.79 Å². The zero-order chi connectivity index (χ0) is 17.9. The maximum Gasteiger partial charge on any atom is 0.275 e. The Balaban J connectivity index is 2.32. The second kappa shape index (κ2) is 7.60. The highest BCUT2D eigenvalue weighted by Gasteiger charge is 2.18. The van der Waals surface area contributed by atoms with Gasteiger partial charge in [-0.2, -0.15) is 5.10 Å². The number of aromatic nitrogens is 2. The zero-order valence-corrected chi connectivity index (χ0v) is 15.2. The second-order valence-electron chi connectivity index (χ2n) is 7.18. The third-order valence-corrected chi connectivity index (χ3v) is 3.86. The molecule has 5 heteroatoms. The van der Waals surface area contributed by atoms with E-state index in [2.05, 4.69) is 32.8 Å². The van der Waals surface area contributed by atoms with E-state index in [1.54, 1.807) is 6.07 Å². The third kappa shape index (κ3) is 4.22. The van der Waals surface area contributed by atoms with Crippen molar-refractivity contribution in [1.29, 1.82) is 0 Å². The molecule has 0 N–H and O–H groups in total. The fourth-order valence-corrected chi connectivity index (χ4v) is 2.90. The van der Waals surface area contributed by atoms with Crippen molar-refractivity contribution in [3.05, 3.63) is 40.3 Å². The molecular weight excluding hydrogens is 302 g/mol. The topological polar surface area (TPSA) is 55.2 Å². The minimum absolute atomic E-state index is 0.00997. The van der Waals surface area contributed by atoms with Crippen LogP contribution >= 0.6 is 0 Å². The van der Waals surface area contributed by atoms with E-state index in [1.807, 2.05) is 30.0 Å². The van der Waals surface area contributed by atoms with Gasteiger partial charge in [0.2, 0.25) is 5.91 Å². The van der Waals surface area contributed by atoms with Gasteiger partial charge in [-0.05, 0) is 24.8 Å². The molecule has 0 aliphatic carbocycles. The van der Waals surface area contributed by atoms with Gasteiger partial charge in [-0.3, -0.25) is 9.59 Å². The molecule has 24 heavy (non-hydrogen) atoms. The van der Waals surface area contributed by atoms with Crippen LogP contribution in [0.5, 0.6) is 0 Å². The van der Waals surface area contributed by atoms with Gasteiger partial charge in [-0.1, -0.05) is 45.9 Å². The third-order valence-electron chi connectivity index (χ3n) is 3.86. The van der Waals surface area contributed by atoms with E-state index >= 15 is 0 Å². The molecule has 0 saturated heterocycles. The van der Waals surface area contributed by atoms with Crippen LogP contribution in [0.2, 0.25) is 0 Å². The molecule has 1 aromatic heterocycles. The first kappa shape index (κ1) is 18.2. The molecule has 1 heterocycles. The van der Waals surface area contributed by atoms with Gasteiger partial charge in [0.25, 0.3) is 5.56 Å². The van der Waals surface area contributed by atoms with Gasteiger partial charge < -0.3 is 4.90 Å². The Bertz CT molecular complexity index is 768. The summed E-state index contributed by atoms with van der Waals surface area (Å²) in [7, 11) is 0. The predicted octanol–water partition coefficient (Wildman–Crippen LogP) is 2.85. The van der Waals surface area contributed by atoms with Crippen molar-refractivity contribution in [1.82, 2.24) is 14.7 Å². The summed E-state index contributed by atoms with van der Waals surface area (Å²) in [6.45, 7) is 11.6. The van der Waals surface area contributed by atoms with Crippen LogP contribution in [-0.4, -0.2) is 33.7 Å². The van der Waals surface area contributed by atoms with Crippen molar-refractivity contribution in [2.45, 2.75) is 41.2 Å². The number of aryl methyl sites for hydroxylation is 1. The SMILES string of the molecule is Cc1nn(CC(=O)N(CC(C)C)CC(C)C)c(=O)c2ccccc12. The van der Waals surface area contributed by atoms with E-state index < -0.39 is 0 Å². The van der Waals surface area contributed by atoms with Gasteiger partial charge in [0.05, 0.1) is 11.1 Å². The van der Waals surface area contributed by atoms with E-state index in [4.69, 9.17) is 0 Å². The lowest BCUT2D eigenvalue weighted by Gasteiger charge is -2.26.